The molecule has 0 saturated carbocycles. The Hall–Kier alpha value is -3.15. The molecule has 0 radical (unpaired) electrons. The quantitative estimate of drug-likeness (QED) is 0.655. The maximum atomic E-state index is 12.8. The number of pyridine rings is 1. The van der Waals surface area contributed by atoms with E-state index in [0.717, 1.165) is 24.8 Å². The molecule has 0 bridgehead atoms. The second-order valence-electron chi connectivity index (χ2n) is 6.81. The normalized spacial score (nSPS) is 10.8. The summed E-state index contributed by atoms with van der Waals surface area (Å²) in [6.45, 7) is 3.26. The number of carbonyl (C=O) groups is 2. The smallest absolute Gasteiger partial charge is 0.289 e. The van der Waals surface area contributed by atoms with Gasteiger partial charge < -0.3 is 10.2 Å². The molecule has 146 valence electrons. The molecule has 0 aliphatic rings. The molecule has 6 heteroatoms. The van der Waals surface area contributed by atoms with Crippen LogP contribution >= 0.6 is 0 Å². The number of hydrogen-bond donors (Lipinski definition) is 1. The molecule has 1 N–H and O–H groups in total. The van der Waals surface area contributed by atoms with Gasteiger partial charge in [0.25, 0.3) is 11.8 Å². The third-order valence-electron chi connectivity index (χ3n) is 4.69. The van der Waals surface area contributed by atoms with Crippen LogP contribution in [0.5, 0.6) is 0 Å². The number of benzene rings is 1. The van der Waals surface area contributed by atoms with Gasteiger partial charge in [-0.3, -0.25) is 14.0 Å². The minimum Gasteiger partial charge on any atom is -0.350 e. The van der Waals surface area contributed by atoms with E-state index in [9.17, 15) is 9.59 Å². The van der Waals surface area contributed by atoms with E-state index in [1.54, 1.807) is 22.5 Å². The third kappa shape index (κ3) is 4.39. The second-order valence-corrected chi connectivity index (χ2v) is 6.81. The summed E-state index contributed by atoms with van der Waals surface area (Å²) < 4.78 is 1.69. The highest BCUT2D eigenvalue weighted by molar-refractivity contribution is 6.02. The van der Waals surface area contributed by atoms with Crippen molar-refractivity contribution in [1.82, 2.24) is 19.6 Å². The molecule has 2 aromatic heterocycles. The zero-order valence-electron chi connectivity index (χ0n) is 16.4. The van der Waals surface area contributed by atoms with Crippen LogP contribution in [0.15, 0.2) is 54.7 Å². The average molecular weight is 378 g/mol. The van der Waals surface area contributed by atoms with Crippen molar-refractivity contribution >= 4 is 17.3 Å². The van der Waals surface area contributed by atoms with E-state index in [-0.39, 0.29) is 23.3 Å². The first kappa shape index (κ1) is 19.6. The summed E-state index contributed by atoms with van der Waals surface area (Å²) in [5.41, 5.74) is 2.07. The molecule has 0 spiro atoms. The topological polar surface area (TPSA) is 66.7 Å². The first-order valence-corrected chi connectivity index (χ1v) is 9.66. The van der Waals surface area contributed by atoms with Crippen LogP contribution in [0, 0.1) is 0 Å². The van der Waals surface area contributed by atoms with E-state index in [4.69, 9.17) is 0 Å². The van der Waals surface area contributed by atoms with Gasteiger partial charge in [0.2, 0.25) is 5.82 Å². The van der Waals surface area contributed by atoms with Crippen molar-refractivity contribution in [1.29, 1.82) is 0 Å². The molecule has 28 heavy (non-hydrogen) atoms. The van der Waals surface area contributed by atoms with E-state index < -0.39 is 0 Å². The summed E-state index contributed by atoms with van der Waals surface area (Å²) in [7, 11) is 1.77. The summed E-state index contributed by atoms with van der Waals surface area (Å²) in [5.74, 6) is -0.185. The van der Waals surface area contributed by atoms with Crippen molar-refractivity contribution < 1.29 is 9.59 Å². The van der Waals surface area contributed by atoms with Crippen molar-refractivity contribution in [2.45, 2.75) is 26.2 Å². The van der Waals surface area contributed by atoms with E-state index >= 15 is 0 Å². The SMILES string of the molecule is CCCCN(C)C(=O)c1nc(C(=O)NCCc2ccccc2)c2ccccn12. The number of carbonyl (C=O) groups excluding carboxylic acids is 2. The van der Waals surface area contributed by atoms with Crippen LogP contribution < -0.4 is 5.32 Å². The predicted octanol–water partition coefficient (Wildman–Crippen LogP) is 3.18. The molecule has 0 aliphatic carbocycles. The van der Waals surface area contributed by atoms with E-state index in [0.29, 0.717) is 18.6 Å². The zero-order valence-corrected chi connectivity index (χ0v) is 16.4. The van der Waals surface area contributed by atoms with Gasteiger partial charge in [0.05, 0.1) is 5.52 Å². The Bertz CT molecular complexity index is 950. The molecule has 0 unspecified atom stereocenters. The number of unbranched alkanes of at least 4 members (excludes halogenated alkanes) is 1. The van der Waals surface area contributed by atoms with Crippen molar-refractivity contribution in [3.63, 3.8) is 0 Å². The highest BCUT2D eigenvalue weighted by atomic mass is 16.2. The van der Waals surface area contributed by atoms with Gasteiger partial charge in [0.15, 0.2) is 5.69 Å². The lowest BCUT2D eigenvalue weighted by molar-refractivity contribution is 0.0780. The fraction of sp³-hybridized carbons (Fsp3) is 0.318. The standard InChI is InChI=1S/C22H26N4O2/c1-3-4-15-25(2)22(28)20-24-19(18-12-8-9-16-26(18)20)21(27)23-14-13-17-10-6-5-7-11-17/h5-12,16H,3-4,13-15H2,1-2H3,(H,23,27). The monoisotopic (exact) mass is 378 g/mol. The summed E-state index contributed by atoms with van der Waals surface area (Å²) in [6, 6.07) is 15.5. The lowest BCUT2D eigenvalue weighted by Gasteiger charge is -2.15. The lowest BCUT2D eigenvalue weighted by Crippen LogP contribution is -2.29. The Morgan fingerprint density at radius 3 is 2.61 bits per heavy atom. The fourth-order valence-electron chi connectivity index (χ4n) is 3.07. The van der Waals surface area contributed by atoms with Crippen LogP contribution in [0.25, 0.3) is 5.52 Å². The van der Waals surface area contributed by atoms with Gasteiger partial charge >= 0.3 is 0 Å². The molecular weight excluding hydrogens is 352 g/mol. The molecule has 0 aliphatic heterocycles. The first-order valence-electron chi connectivity index (χ1n) is 9.66. The average Bonchev–Trinajstić information content (AvgIpc) is 3.12. The van der Waals surface area contributed by atoms with Gasteiger partial charge in [-0.2, -0.15) is 0 Å². The number of amides is 2. The highest BCUT2D eigenvalue weighted by Gasteiger charge is 2.23. The van der Waals surface area contributed by atoms with E-state index in [1.807, 2.05) is 48.5 Å². The predicted molar refractivity (Wildman–Crippen MR) is 110 cm³/mol. The van der Waals surface area contributed by atoms with Gasteiger partial charge in [0.1, 0.15) is 0 Å². The molecule has 1 aromatic carbocycles. The number of hydrogen-bond acceptors (Lipinski definition) is 3. The number of nitrogens with one attached hydrogen (secondary N) is 1. The summed E-state index contributed by atoms with van der Waals surface area (Å²) in [4.78, 5) is 31.6. The highest BCUT2D eigenvalue weighted by Crippen LogP contribution is 2.15. The number of rotatable bonds is 8. The second kappa shape index (κ2) is 9.17. The van der Waals surface area contributed by atoms with Crippen LogP contribution in [0.2, 0.25) is 0 Å². The van der Waals surface area contributed by atoms with Crippen LogP contribution in [0.4, 0.5) is 0 Å². The van der Waals surface area contributed by atoms with Crippen LogP contribution in [-0.2, 0) is 6.42 Å². The number of aromatic nitrogens is 2. The summed E-state index contributed by atoms with van der Waals surface area (Å²) in [5, 5.41) is 2.92. The molecule has 6 nitrogen and oxygen atoms in total. The molecule has 0 fully saturated rings. The van der Waals surface area contributed by atoms with Gasteiger partial charge in [-0.1, -0.05) is 49.7 Å². The van der Waals surface area contributed by atoms with Crippen molar-refractivity contribution in [2.24, 2.45) is 0 Å². The number of fused-ring (bicyclic) bond motifs is 1. The summed E-state index contributed by atoms with van der Waals surface area (Å²) >= 11 is 0. The van der Waals surface area contributed by atoms with E-state index in [2.05, 4.69) is 17.2 Å². The third-order valence-corrected chi connectivity index (χ3v) is 4.69. The molecule has 3 rings (SSSR count). The first-order chi connectivity index (χ1) is 13.6. The molecule has 3 aromatic rings. The Balaban J connectivity index is 1.77. The van der Waals surface area contributed by atoms with Crippen LogP contribution in [0.3, 0.4) is 0 Å². The van der Waals surface area contributed by atoms with Gasteiger partial charge in [-0.25, -0.2) is 4.98 Å². The lowest BCUT2D eigenvalue weighted by atomic mass is 10.1. The zero-order chi connectivity index (χ0) is 19.9. The van der Waals surface area contributed by atoms with Gasteiger partial charge in [0, 0.05) is 26.3 Å². The minimum atomic E-state index is -0.269. The molecule has 2 amide bonds. The van der Waals surface area contributed by atoms with Crippen molar-refractivity contribution in [3.05, 3.63) is 71.8 Å². The molecule has 0 atom stereocenters. The van der Waals surface area contributed by atoms with Crippen LogP contribution in [0.1, 0.15) is 46.4 Å². The minimum absolute atomic E-state index is 0.182. The van der Waals surface area contributed by atoms with Gasteiger partial charge in [-0.05, 0) is 30.5 Å². The molecular formula is C22H26N4O2. The molecule has 2 heterocycles. The Kier molecular flexibility index (Phi) is 6.42. The largest absolute Gasteiger partial charge is 0.350 e. The van der Waals surface area contributed by atoms with Crippen molar-refractivity contribution in [3.8, 4) is 0 Å². The van der Waals surface area contributed by atoms with Crippen molar-refractivity contribution in [2.75, 3.05) is 20.1 Å². The number of nitrogens with zero attached hydrogens (tertiary/aromatic N) is 3. The Labute approximate surface area is 165 Å². The summed E-state index contributed by atoms with van der Waals surface area (Å²) in [6.07, 6.45) is 4.45. The van der Waals surface area contributed by atoms with Gasteiger partial charge in [-0.15, -0.1) is 0 Å². The number of imidazole rings is 1. The van der Waals surface area contributed by atoms with E-state index in [1.165, 1.54) is 0 Å². The van der Waals surface area contributed by atoms with Crippen LogP contribution in [-0.4, -0.2) is 46.2 Å². The molecule has 0 saturated heterocycles. The Morgan fingerprint density at radius 2 is 1.86 bits per heavy atom. The maximum Gasteiger partial charge on any atom is 0.289 e. The Morgan fingerprint density at radius 1 is 1.11 bits per heavy atom. The maximum absolute atomic E-state index is 12.8. The fourth-order valence-corrected chi connectivity index (χ4v) is 3.07.